The Balaban J connectivity index is 1.44. The summed E-state index contributed by atoms with van der Waals surface area (Å²) < 4.78 is 7.64. The zero-order valence-electron chi connectivity index (χ0n) is 14.9. The number of hydrogen-bond acceptors (Lipinski definition) is 4. The van der Waals surface area contributed by atoms with Gasteiger partial charge >= 0.3 is 0 Å². The second-order valence-electron chi connectivity index (χ2n) is 7.64. The standard InChI is InChI=1S/C20H21N3O3/c1-11-4-3-5-13(8-11)10-22-12(2)9-16(21-22)23-19(24)17-14-6-7-15(26-14)18(17)20(23)25/h3-5,8-9,14-15,17-18H,6-7,10H2,1-2H3. The van der Waals surface area contributed by atoms with E-state index in [2.05, 4.69) is 30.2 Å². The van der Waals surface area contributed by atoms with Gasteiger partial charge in [0.05, 0.1) is 30.6 Å². The van der Waals surface area contributed by atoms with Crippen LogP contribution in [-0.4, -0.2) is 33.8 Å². The van der Waals surface area contributed by atoms with Gasteiger partial charge in [0.15, 0.2) is 5.82 Å². The number of fused-ring (bicyclic) bond motifs is 5. The minimum Gasteiger partial charge on any atom is -0.373 e. The van der Waals surface area contributed by atoms with E-state index in [-0.39, 0.29) is 35.9 Å². The zero-order valence-corrected chi connectivity index (χ0v) is 14.9. The number of rotatable bonds is 3. The van der Waals surface area contributed by atoms with Gasteiger partial charge in [-0.2, -0.15) is 5.10 Å². The third-order valence-corrected chi connectivity index (χ3v) is 5.90. The van der Waals surface area contributed by atoms with Gasteiger partial charge in [-0.3, -0.25) is 14.3 Å². The predicted molar refractivity (Wildman–Crippen MR) is 94.6 cm³/mol. The summed E-state index contributed by atoms with van der Waals surface area (Å²) in [7, 11) is 0. The number of aromatic nitrogens is 2. The third kappa shape index (κ3) is 2.18. The molecule has 0 saturated carbocycles. The van der Waals surface area contributed by atoms with Gasteiger partial charge in [0, 0.05) is 11.8 Å². The maximum absolute atomic E-state index is 12.9. The van der Waals surface area contributed by atoms with Gasteiger partial charge in [-0.15, -0.1) is 0 Å². The quantitative estimate of drug-likeness (QED) is 0.796. The van der Waals surface area contributed by atoms with Crippen molar-refractivity contribution < 1.29 is 14.3 Å². The van der Waals surface area contributed by atoms with Crippen molar-refractivity contribution in [3.63, 3.8) is 0 Å². The van der Waals surface area contributed by atoms with Crippen LogP contribution in [0, 0.1) is 25.7 Å². The van der Waals surface area contributed by atoms with E-state index in [4.69, 9.17) is 4.74 Å². The Labute approximate surface area is 151 Å². The van der Waals surface area contributed by atoms with E-state index in [1.165, 1.54) is 10.5 Å². The zero-order chi connectivity index (χ0) is 18.0. The van der Waals surface area contributed by atoms with Crippen molar-refractivity contribution in [3.05, 3.63) is 47.2 Å². The topological polar surface area (TPSA) is 64.4 Å². The first kappa shape index (κ1) is 15.8. The Morgan fingerprint density at radius 2 is 1.77 bits per heavy atom. The molecule has 0 radical (unpaired) electrons. The van der Waals surface area contributed by atoms with E-state index in [9.17, 15) is 9.59 Å². The van der Waals surface area contributed by atoms with Gasteiger partial charge in [0.2, 0.25) is 11.8 Å². The molecule has 134 valence electrons. The lowest BCUT2D eigenvalue weighted by Crippen LogP contribution is -2.34. The van der Waals surface area contributed by atoms with Gasteiger partial charge < -0.3 is 4.74 Å². The first-order chi connectivity index (χ1) is 12.5. The highest BCUT2D eigenvalue weighted by molar-refractivity contribution is 6.22. The van der Waals surface area contributed by atoms with Crippen molar-refractivity contribution in [1.82, 2.24) is 9.78 Å². The van der Waals surface area contributed by atoms with Crippen LogP contribution in [0.4, 0.5) is 5.82 Å². The summed E-state index contributed by atoms with van der Waals surface area (Å²) in [4.78, 5) is 27.1. The van der Waals surface area contributed by atoms with Crippen molar-refractivity contribution >= 4 is 17.6 Å². The highest BCUT2D eigenvalue weighted by atomic mass is 16.5. The SMILES string of the molecule is Cc1cccc(Cn2nc(N3C(=O)C4C5CCC(O5)C4C3=O)cc2C)c1. The largest absolute Gasteiger partial charge is 0.373 e. The smallest absolute Gasteiger partial charge is 0.241 e. The van der Waals surface area contributed by atoms with E-state index in [0.29, 0.717) is 12.4 Å². The average Bonchev–Trinajstić information content (AvgIpc) is 3.33. The Kier molecular flexibility index (Phi) is 3.34. The summed E-state index contributed by atoms with van der Waals surface area (Å²) >= 11 is 0. The number of benzene rings is 1. The van der Waals surface area contributed by atoms with Crippen molar-refractivity contribution in [3.8, 4) is 0 Å². The number of hydrogen-bond donors (Lipinski definition) is 0. The fourth-order valence-electron chi connectivity index (χ4n) is 4.68. The van der Waals surface area contributed by atoms with Crippen LogP contribution in [0.15, 0.2) is 30.3 Å². The van der Waals surface area contributed by atoms with Crippen LogP contribution in [-0.2, 0) is 20.9 Å². The summed E-state index contributed by atoms with van der Waals surface area (Å²) in [6.45, 7) is 4.62. The summed E-state index contributed by atoms with van der Waals surface area (Å²) in [5, 5.41) is 4.58. The molecule has 3 fully saturated rings. The molecule has 4 unspecified atom stereocenters. The van der Waals surface area contributed by atoms with Gasteiger partial charge in [-0.05, 0) is 32.3 Å². The summed E-state index contributed by atoms with van der Waals surface area (Å²) in [5.41, 5.74) is 3.27. The van der Waals surface area contributed by atoms with E-state index in [1.54, 1.807) is 0 Å². The van der Waals surface area contributed by atoms with Crippen molar-refractivity contribution in [2.75, 3.05) is 4.90 Å². The Hall–Kier alpha value is -2.47. The highest BCUT2D eigenvalue weighted by Crippen LogP contribution is 2.49. The van der Waals surface area contributed by atoms with Crippen LogP contribution >= 0.6 is 0 Å². The molecule has 4 heterocycles. The van der Waals surface area contributed by atoms with Crippen molar-refractivity contribution in [1.29, 1.82) is 0 Å². The number of ether oxygens (including phenoxy) is 1. The lowest BCUT2D eigenvalue weighted by Gasteiger charge is -2.15. The van der Waals surface area contributed by atoms with Gasteiger partial charge in [0.1, 0.15) is 0 Å². The minimum absolute atomic E-state index is 0.0954. The molecule has 26 heavy (non-hydrogen) atoms. The van der Waals surface area contributed by atoms with Gasteiger partial charge in [-0.1, -0.05) is 29.8 Å². The summed E-state index contributed by atoms with van der Waals surface area (Å²) in [6, 6.07) is 10.1. The normalized spacial score (nSPS) is 29.7. The first-order valence-electron chi connectivity index (χ1n) is 9.16. The summed E-state index contributed by atoms with van der Waals surface area (Å²) in [6.07, 6.45) is 1.56. The van der Waals surface area contributed by atoms with Crippen molar-refractivity contribution in [2.24, 2.45) is 11.8 Å². The molecule has 2 aromatic rings. The van der Waals surface area contributed by atoms with Crippen molar-refractivity contribution in [2.45, 2.75) is 45.4 Å². The number of aryl methyl sites for hydroxylation is 2. The van der Waals surface area contributed by atoms with Gasteiger partial charge in [-0.25, -0.2) is 4.90 Å². The Bertz CT molecular complexity index is 891. The summed E-state index contributed by atoms with van der Waals surface area (Å²) in [5.74, 6) is -0.481. The maximum atomic E-state index is 12.9. The molecule has 2 amide bonds. The van der Waals surface area contributed by atoms with E-state index < -0.39 is 0 Å². The molecule has 3 aliphatic rings. The molecule has 1 aromatic heterocycles. The van der Waals surface area contributed by atoms with Crippen LogP contribution in [0.3, 0.4) is 0 Å². The third-order valence-electron chi connectivity index (χ3n) is 5.90. The predicted octanol–water partition coefficient (Wildman–Crippen LogP) is 2.22. The number of amides is 2. The monoisotopic (exact) mass is 351 g/mol. The minimum atomic E-state index is -0.316. The average molecular weight is 351 g/mol. The molecule has 0 N–H and O–H groups in total. The number of anilines is 1. The lowest BCUT2D eigenvalue weighted by molar-refractivity contribution is -0.124. The molecule has 0 spiro atoms. The molecule has 3 aliphatic heterocycles. The fourth-order valence-corrected chi connectivity index (χ4v) is 4.68. The van der Waals surface area contributed by atoms with Crippen LogP contribution in [0.2, 0.25) is 0 Å². The second-order valence-corrected chi connectivity index (χ2v) is 7.64. The van der Waals surface area contributed by atoms with E-state index in [0.717, 1.165) is 24.1 Å². The molecule has 3 saturated heterocycles. The fraction of sp³-hybridized carbons (Fsp3) is 0.450. The van der Waals surface area contributed by atoms with Crippen LogP contribution in [0.1, 0.15) is 29.7 Å². The maximum Gasteiger partial charge on any atom is 0.241 e. The number of carbonyl (C=O) groups is 2. The number of carbonyl (C=O) groups excluding carboxylic acids is 2. The molecular weight excluding hydrogens is 330 g/mol. The van der Waals surface area contributed by atoms with Gasteiger partial charge in [0.25, 0.3) is 0 Å². The van der Waals surface area contributed by atoms with Crippen LogP contribution < -0.4 is 4.90 Å². The molecule has 4 atom stereocenters. The molecule has 1 aromatic carbocycles. The molecule has 0 aliphatic carbocycles. The molecule has 2 bridgehead atoms. The van der Waals surface area contributed by atoms with Crippen LogP contribution in [0.25, 0.3) is 0 Å². The molecule has 5 rings (SSSR count). The lowest BCUT2D eigenvalue weighted by atomic mass is 9.81. The number of nitrogens with zero attached hydrogens (tertiary/aromatic N) is 3. The highest BCUT2D eigenvalue weighted by Gasteiger charge is 2.63. The number of imide groups is 1. The molecular formula is C20H21N3O3. The molecule has 6 nitrogen and oxygen atoms in total. The second kappa shape index (κ2) is 5.51. The molecule has 6 heteroatoms. The van der Waals surface area contributed by atoms with Crippen LogP contribution in [0.5, 0.6) is 0 Å². The Morgan fingerprint density at radius 1 is 1.08 bits per heavy atom. The Morgan fingerprint density at radius 3 is 2.42 bits per heavy atom. The van der Waals surface area contributed by atoms with E-state index >= 15 is 0 Å². The van der Waals surface area contributed by atoms with E-state index in [1.807, 2.05) is 23.7 Å². The first-order valence-corrected chi connectivity index (χ1v) is 9.16.